The molecule has 15 heavy (non-hydrogen) atoms. The van der Waals surface area contributed by atoms with Gasteiger partial charge in [-0.2, -0.15) is 5.26 Å². The summed E-state index contributed by atoms with van der Waals surface area (Å²) in [4.78, 5) is 2.29. The lowest BCUT2D eigenvalue weighted by Gasteiger charge is -2.53. The summed E-state index contributed by atoms with van der Waals surface area (Å²) in [5.74, 6) is 1.82. The van der Waals surface area contributed by atoms with E-state index in [9.17, 15) is 0 Å². The first-order valence-corrected chi connectivity index (χ1v) is 6.24. The zero-order valence-electron chi connectivity index (χ0n) is 10.00. The van der Waals surface area contributed by atoms with Crippen molar-refractivity contribution in [3.63, 3.8) is 0 Å². The van der Waals surface area contributed by atoms with Crippen LogP contribution in [0.1, 0.15) is 39.5 Å². The van der Waals surface area contributed by atoms with Crippen LogP contribution in [0.5, 0.6) is 0 Å². The zero-order valence-corrected chi connectivity index (χ0v) is 10.00. The highest BCUT2D eigenvalue weighted by Crippen LogP contribution is 2.46. The Morgan fingerprint density at radius 2 is 1.93 bits per heavy atom. The van der Waals surface area contributed by atoms with E-state index in [2.05, 4.69) is 24.8 Å². The standard InChI is InChI=1S/C13H22N2/c1-11(2)12-3-5-13(6-4-12)9-15(10-13)8-7-14/h11-12H,3-6,8-10H2,1-2H3. The van der Waals surface area contributed by atoms with E-state index >= 15 is 0 Å². The van der Waals surface area contributed by atoms with Gasteiger partial charge in [-0.25, -0.2) is 0 Å². The van der Waals surface area contributed by atoms with Crippen molar-refractivity contribution in [2.45, 2.75) is 39.5 Å². The summed E-state index contributed by atoms with van der Waals surface area (Å²) in [6, 6.07) is 2.24. The number of likely N-dealkylation sites (tertiary alicyclic amines) is 1. The van der Waals surface area contributed by atoms with E-state index < -0.39 is 0 Å². The smallest absolute Gasteiger partial charge is 0.0866 e. The second-order valence-electron chi connectivity index (χ2n) is 5.88. The minimum absolute atomic E-state index is 0.613. The highest BCUT2D eigenvalue weighted by atomic mass is 15.2. The van der Waals surface area contributed by atoms with Gasteiger partial charge in [-0.15, -0.1) is 0 Å². The largest absolute Gasteiger partial charge is 0.289 e. The van der Waals surface area contributed by atoms with Crippen molar-refractivity contribution in [3.05, 3.63) is 0 Å². The fraction of sp³-hybridized carbons (Fsp3) is 0.923. The molecule has 1 aliphatic heterocycles. The molecular weight excluding hydrogens is 184 g/mol. The third-order valence-electron chi connectivity index (χ3n) is 4.45. The Balaban J connectivity index is 1.78. The van der Waals surface area contributed by atoms with Gasteiger partial charge in [-0.1, -0.05) is 13.8 Å². The molecule has 0 radical (unpaired) electrons. The molecule has 0 atom stereocenters. The van der Waals surface area contributed by atoms with Gasteiger partial charge in [0.15, 0.2) is 0 Å². The van der Waals surface area contributed by atoms with Gasteiger partial charge in [-0.3, -0.25) is 4.90 Å². The molecule has 0 bridgehead atoms. The van der Waals surface area contributed by atoms with Gasteiger partial charge in [0.05, 0.1) is 12.6 Å². The van der Waals surface area contributed by atoms with E-state index in [1.165, 1.54) is 38.8 Å². The Morgan fingerprint density at radius 3 is 2.40 bits per heavy atom. The molecule has 0 N–H and O–H groups in total. The molecule has 1 aliphatic carbocycles. The second kappa shape index (κ2) is 4.14. The second-order valence-corrected chi connectivity index (χ2v) is 5.88. The fourth-order valence-electron chi connectivity index (χ4n) is 3.35. The van der Waals surface area contributed by atoms with Gasteiger partial charge < -0.3 is 0 Å². The lowest BCUT2D eigenvalue weighted by atomic mass is 9.64. The summed E-state index contributed by atoms with van der Waals surface area (Å²) in [6.07, 6.45) is 5.63. The Morgan fingerprint density at radius 1 is 1.33 bits per heavy atom. The van der Waals surface area contributed by atoms with Gasteiger partial charge in [0.25, 0.3) is 0 Å². The predicted molar refractivity (Wildman–Crippen MR) is 61.3 cm³/mol. The van der Waals surface area contributed by atoms with Crippen LogP contribution in [0.15, 0.2) is 0 Å². The summed E-state index contributed by atoms with van der Waals surface area (Å²) in [6.45, 7) is 7.71. The third kappa shape index (κ3) is 2.18. The van der Waals surface area contributed by atoms with E-state index in [0.29, 0.717) is 12.0 Å². The SMILES string of the molecule is CC(C)C1CCC2(CC1)CN(CC#N)C2. The Hall–Kier alpha value is -0.550. The molecule has 2 aliphatic rings. The maximum absolute atomic E-state index is 8.61. The lowest BCUT2D eigenvalue weighted by Crippen LogP contribution is -2.57. The molecule has 1 spiro atoms. The molecule has 1 heterocycles. The van der Waals surface area contributed by atoms with Gasteiger partial charge in [-0.05, 0) is 42.9 Å². The Labute approximate surface area is 93.3 Å². The van der Waals surface area contributed by atoms with Crippen LogP contribution in [-0.4, -0.2) is 24.5 Å². The van der Waals surface area contributed by atoms with Gasteiger partial charge in [0.2, 0.25) is 0 Å². The first kappa shape index (κ1) is 11.0. The average Bonchev–Trinajstić information content (AvgIpc) is 2.16. The lowest BCUT2D eigenvalue weighted by molar-refractivity contribution is -0.0343. The normalized spacial score (nSPS) is 26.5. The molecule has 0 amide bonds. The highest BCUT2D eigenvalue weighted by molar-refractivity contribution is 5.00. The van der Waals surface area contributed by atoms with Crippen molar-refractivity contribution in [2.75, 3.05) is 19.6 Å². The first-order chi connectivity index (χ1) is 7.15. The van der Waals surface area contributed by atoms with Crippen molar-refractivity contribution < 1.29 is 0 Å². The van der Waals surface area contributed by atoms with Crippen LogP contribution >= 0.6 is 0 Å². The summed E-state index contributed by atoms with van der Waals surface area (Å²) in [5, 5.41) is 8.61. The van der Waals surface area contributed by atoms with Crippen LogP contribution in [0.2, 0.25) is 0 Å². The Kier molecular flexibility index (Phi) is 3.02. The van der Waals surface area contributed by atoms with Gasteiger partial charge >= 0.3 is 0 Å². The first-order valence-electron chi connectivity index (χ1n) is 6.24. The van der Waals surface area contributed by atoms with Crippen molar-refractivity contribution in [1.82, 2.24) is 4.90 Å². The highest BCUT2D eigenvalue weighted by Gasteiger charge is 2.44. The average molecular weight is 206 g/mol. The maximum atomic E-state index is 8.61. The summed E-state index contributed by atoms with van der Waals surface area (Å²) >= 11 is 0. The quantitative estimate of drug-likeness (QED) is 0.649. The summed E-state index contributed by atoms with van der Waals surface area (Å²) < 4.78 is 0. The monoisotopic (exact) mass is 206 g/mol. The molecule has 2 nitrogen and oxygen atoms in total. The van der Waals surface area contributed by atoms with E-state index in [1.54, 1.807) is 0 Å². The molecule has 1 saturated carbocycles. The summed E-state index contributed by atoms with van der Waals surface area (Å²) in [7, 11) is 0. The summed E-state index contributed by atoms with van der Waals surface area (Å²) in [5.41, 5.74) is 0.613. The number of nitrogens with zero attached hydrogens (tertiary/aromatic N) is 2. The third-order valence-corrected chi connectivity index (χ3v) is 4.45. The van der Waals surface area contributed by atoms with Gasteiger partial charge in [0, 0.05) is 13.1 Å². The maximum Gasteiger partial charge on any atom is 0.0866 e. The fourth-order valence-corrected chi connectivity index (χ4v) is 3.35. The van der Waals surface area contributed by atoms with Crippen LogP contribution in [0, 0.1) is 28.6 Å². The van der Waals surface area contributed by atoms with E-state index in [1.807, 2.05) is 0 Å². The van der Waals surface area contributed by atoms with Crippen molar-refractivity contribution >= 4 is 0 Å². The van der Waals surface area contributed by atoms with Crippen LogP contribution in [0.25, 0.3) is 0 Å². The number of hydrogen-bond donors (Lipinski definition) is 0. The van der Waals surface area contributed by atoms with Crippen molar-refractivity contribution in [1.29, 1.82) is 5.26 Å². The molecule has 2 rings (SSSR count). The molecule has 2 heteroatoms. The zero-order chi connectivity index (χ0) is 10.9. The van der Waals surface area contributed by atoms with E-state index in [0.717, 1.165) is 11.8 Å². The minimum Gasteiger partial charge on any atom is -0.289 e. The number of hydrogen-bond acceptors (Lipinski definition) is 2. The number of nitriles is 1. The predicted octanol–water partition coefficient (Wildman–Crippen LogP) is 2.66. The van der Waals surface area contributed by atoms with E-state index in [-0.39, 0.29) is 0 Å². The van der Waals surface area contributed by atoms with Crippen molar-refractivity contribution in [2.24, 2.45) is 17.3 Å². The molecular formula is C13H22N2. The van der Waals surface area contributed by atoms with Crippen LogP contribution < -0.4 is 0 Å². The molecule has 0 unspecified atom stereocenters. The van der Waals surface area contributed by atoms with Crippen molar-refractivity contribution in [3.8, 4) is 6.07 Å². The molecule has 84 valence electrons. The van der Waals surface area contributed by atoms with Crippen LogP contribution in [0.3, 0.4) is 0 Å². The van der Waals surface area contributed by atoms with Gasteiger partial charge in [0.1, 0.15) is 0 Å². The Bertz CT molecular complexity index is 248. The molecule has 0 aromatic carbocycles. The van der Waals surface area contributed by atoms with Crippen LogP contribution in [-0.2, 0) is 0 Å². The topological polar surface area (TPSA) is 27.0 Å². The molecule has 0 aromatic heterocycles. The van der Waals surface area contributed by atoms with E-state index in [4.69, 9.17) is 5.26 Å². The number of rotatable bonds is 2. The van der Waals surface area contributed by atoms with Crippen LogP contribution in [0.4, 0.5) is 0 Å². The molecule has 1 saturated heterocycles. The molecule has 2 fully saturated rings. The minimum atomic E-state index is 0.613. The molecule has 0 aromatic rings.